The third-order valence-corrected chi connectivity index (χ3v) is 0.634. The second-order valence-corrected chi connectivity index (χ2v) is 1.37. The largest absolute Gasteiger partial charge is 0.360 e. The predicted octanol–water partition coefficient (Wildman–Crippen LogP) is 0.549. The molecule has 2 nitrogen and oxygen atoms in total. The van der Waals surface area contributed by atoms with Crippen molar-refractivity contribution in [3.05, 3.63) is 0 Å². The normalized spacial score (nSPS) is 13.4. The van der Waals surface area contributed by atoms with Crippen molar-refractivity contribution in [2.75, 3.05) is 6.67 Å². The summed E-state index contributed by atoms with van der Waals surface area (Å²) >= 11 is 0. The van der Waals surface area contributed by atoms with Crippen LogP contribution >= 0.6 is 0 Å². The van der Waals surface area contributed by atoms with Crippen LogP contribution in [0.15, 0.2) is 0 Å². The standard InChI is InChI=1S/C4H6FO2/c1-3(2-5)4(6)7/h3H,2H2,1H3. The van der Waals surface area contributed by atoms with E-state index in [2.05, 4.69) is 0 Å². The molecule has 0 saturated carbocycles. The van der Waals surface area contributed by atoms with Crippen molar-refractivity contribution in [1.82, 2.24) is 0 Å². The number of halogens is 1. The Bertz CT molecular complexity index is 72.1. The van der Waals surface area contributed by atoms with Gasteiger partial charge in [-0.1, -0.05) is 0 Å². The first-order chi connectivity index (χ1) is 3.18. The third kappa shape index (κ3) is 2.14. The van der Waals surface area contributed by atoms with Crippen molar-refractivity contribution < 1.29 is 14.3 Å². The molecule has 1 radical (unpaired) electrons. The molecule has 0 aromatic carbocycles. The first-order valence-electron chi connectivity index (χ1n) is 1.95. The number of carbonyl (C=O) groups is 1. The Hall–Kier alpha value is -0.600. The maximum Gasteiger partial charge on any atom is 0.360 e. The van der Waals surface area contributed by atoms with E-state index in [4.69, 9.17) is 0 Å². The van der Waals surface area contributed by atoms with Gasteiger partial charge in [-0.3, -0.25) is 4.39 Å². The quantitative estimate of drug-likeness (QED) is 0.505. The van der Waals surface area contributed by atoms with Crippen LogP contribution in [0.25, 0.3) is 0 Å². The summed E-state index contributed by atoms with van der Waals surface area (Å²) in [5, 5.41) is 9.58. The minimum atomic E-state index is -1.33. The van der Waals surface area contributed by atoms with Crippen LogP contribution in [0.5, 0.6) is 0 Å². The summed E-state index contributed by atoms with van der Waals surface area (Å²) < 4.78 is 11.2. The highest BCUT2D eigenvalue weighted by molar-refractivity contribution is 5.69. The topological polar surface area (TPSA) is 37.0 Å². The van der Waals surface area contributed by atoms with Gasteiger partial charge in [-0.05, 0) is 6.92 Å². The lowest BCUT2D eigenvalue weighted by molar-refractivity contribution is -0.147. The summed E-state index contributed by atoms with van der Waals surface area (Å²) in [5.74, 6) is -2.29. The molecule has 0 spiro atoms. The molecule has 0 aromatic heterocycles. The van der Waals surface area contributed by atoms with Crippen LogP contribution < -0.4 is 0 Å². The fraction of sp³-hybridized carbons (Fsp3) is 0.750. The Morgan fingerprint density at radius 3 is 2.29 bits per heavy atom. The van der Waals surface area contributed by atoms with Crippen LogP contribution in [0, 0.1) is 5.92 Å². The fourth-order valence-electron chi connectivity index (χ4n) is 0.0630. The molecular weight excluding hydrogens is 99.0 g/mol. The summed E-state index contributed by atoms with van der Waals surface area (Å²) in [6.45, 7) is 0.414. The number of alkyl halides is 1. The molecule has 0 bridgehead atoms. The zero-order valence-electron chi connectivity index (χ0n) is 3.98. The molecule has 3 heteroatoms. The van der Waals surface area contributed by atoms with Gasteiger partial charge < -0.3 is 0 Å². The number of hydrogen-bond donors (Lipinski definition) is 0. The lowest BCUT2D eigenvalue weighted by Gasteiger charge is -1.90. The van der Waals surface area contributed by atoms with Gasteiger partial charge in [0.15, 0.2) is 0 Å². The van der Waals surface area contributed by atoms with Crippen molar-refractivity contribution in [2.24, 2.45) is 5.92 Å². The first kappa shape index (κ1) is 6.40. The maximum absolute atomic E-state index is 11.2. The SMILES string of the molecule is CC(CF)C([O])=O. The summed E-state index contributed by atoms with van der Waals surface area (Å²) in [4.78, 5) is 9.58. The number of rotatable bonds is 2. The molecule has 0 saturated heterocycles. The lowest BCUT2D eigenvalue weighted by Crippen LogP contribution is -2.08. The van der Waals surface area contributed by atoms with Gasteiger partial charge in [-0.15, -0.1) is 0 Å². The van der Waals surface area contributed by atoms with Gasteiger partial charge in [0.1, 0.15) is 6.67 Å². The van der Waals surface area contributed by atoms with Gasteiger partial charge in [0.2, 0.25) is 0 Å². The highest BCUT2D eigenvalue weighted by Crippen LogP contribution is 1.93. The summed E-state index contributed by atoms with van der Waals surface area (Å²) in [6, 6.07) is 0. The Morgan fingerprint density at radius 2 is 2.29 bits per heavy atom. The van der Waals surface area contributed by atoms with Crippen LogP contribution in [-0.4, -0.2) is 12.6 Å². The molecule has 7 heavy (non-hydrogen) atoms. The van der Waals surface area contributed by atoms with Crippen molar-refractivity contribution in [1.29, 1.82) is 0 Å². The van der Waals surface area contributed by atoms with Gasteiger partial charge in [-0.25, -0.2) is 9.90 Å². The van der Waals surface area contributed by atoms with E-state index in [1.165, 1.54) is 6.92 Å². The van der Waals surface area contributed by atoms with E-state index in [1.807, 2.05) is 0 Å². The zero-order chi connectivity index (χ0) is 5.86. The highest BCUT2D eigenvalue weighted by Gasteiger charge is 2.10. The summed E-state index contributed by atoms with van der Waals surface area (Å²) in [5.41, 5.74) is 0. The highest BCUT2D eigenvalue weighted by atomic mass is 19.1. The molecule has 1 atom stereocenters. The van der Waals surface area contributed by atoms with E-state index in [1.54, 1.807) is 0 Å². The average Bonchev–Trinajstić information content (AvgIpc) is 1.65. The van der Waals surface area contributed by atoms with Crippen molar-refractivity contribution in [3.8, 4) is 0 Å². The maximum atomic E-state index is 11.2. The van der Waals surface area contributed by atoms with E-state index in [0.29, 0.717) is 0 Å². The second-order valence-electron chi connectivity index (χ2n) is 1.37. The molecule has 0 aliphatic rings. The molecule has 0 heterocycles. The minimum Gasteiger partial charge on any atom is -0.250 e. The monoisotopic (exact) mass is 105 g/mol. The van der Waals surface area contributed by atoms with E-state index >= 15 is 0 Å². The van der Waals surface area contributed by atoms with E-state index in [0.717, 1.165) is 0 Å². The predicted molar refractivity (Wildman–Crippen MR) is 20.8 cm³/mol. The lowest BCUT2D eigenvalue weighted by atomic mass is 10.2. The minimum absolute atomic E-state index is 0.845. The Balaban J connectivity index is 3.34. The van der Waals surface area contributed by atoms with Crippen molar-refractivity contribution in [2.45, 2.75) is 6.92 Å². The molecule has 1 unspecified atom stereocenters. The smallest absolute Gasteiger partial charge is 0.250 e. The molecule has 0 fully saturated rings. The Labute approximate surface area is 41.0 Å². The molecule has 0 aliphatic heterocycles. The van der Waals surface area contributed by atoms with E-state index in [9.17, 15) is 14.3 Å². The van der Waals surface area contributed by atoms with Crippen LogP contribution in [0.1, 0.15) is 6.92 Å². The van der Waals surface area contributed by atoms with Crippen LogP contribution in [0.2, 0.25) is 0 Å². The molecular formula is C4H6FO2. The number of hydrogen-bond acceptors (Lipinski definition) is 1. The molecule has 41 valence electrons. The second kappa shape index (κ2) is 2.55. The van der Waals surface area contributed by atoms with E-state index < -0.39 is 18.6 Å². The van der Waals surface area contributed by atoms with Gasteiger partial charge in [-0.2, -0.15) is 0 Å². The Morgan fingerprint density at radius 1 is 1.86 bits per heavy atom. The zero-order valence-corrected chi connectivity index (χ0v) is 3.98. The average molecular weight is 105 g/mol. The van der Waals surface area contributed by atoms with Crippen molar-refractivity contribution >= 4 is 5.97 Å². The fourth-order valence-corrected chi connectivity index (χ4v) is 0.0630. The van der Waals surface area contributed by atoms with E-state index in [-0.39, 0.29) is 0 Å². The van der Waals surface area contributed by atoms with Gasteiger partial charge in [0.05, 0.1) is 5.92 Å². The molecule has 0 rings (SSSR count). The molecule has 0 aliphatic carbocycles. The number of carbonyl (C=O) groups excluding carboxylic acids is 1. The summed E-state index contributed by atoms with van der Waals surface area (Å²) in [6.07, 6.45) is 0. The molecule has 0 amide bonds. The van der Waals surface area contributed by atoms with Gasteiger partial charge >= 0.3 is 5.97 Å². The Kier molecular flexibility index (Phi) is 2.33. The van der Waals surface area contributed by atoms with Gasteiger partial charge in [0.25, 0.3) is 0 Å². The van der Waals surface area contributed by atoms with Gasteiger partial charge in [0, 0.05) is 0 Å². The van der Waals surface area contributed by atoms with Crippen LogP contribution in [0.4, 0.5) is 4.39 Å². The summed E-state index contributed by atoms with van der Waals surface area (Å²) in [7, 11) is 0. The first-order valence-corrected chi connectivity index (χ1v) is 1.95. The molecule has 0 aromatic rings. The van der Waals surface area contributed by atoms with Crippen LogP contribution in [0.3, 0.4) is 0 Å². The molecule has 0 N–H and O–H groups in total. The van der Waals surface area contributed by atoms with Crippen molar-refractivity contribution in [3.63, 3.8) is 0 Å². The van der Waals surface area contributed by atoms with Crippen LogP contribution in [-0.2, 0) is 9.90 Å². The third-order valence-electron chi connectivity index (χ3n) is 0.634.